The predicted molar refractivity (Wildman–Crippen MR) is 112 cm³/mol. The first-order valence-corrected chi connectivity index (χ1v) is 9.45. The Kier molecular flexibility index (Phi) is 4.95. The molecule has 0 saturated carbocycles. The van der Waals surface area contributed by atoms with Crippen LogP contribution >= 0.6 is 11.3 Å². The van der Waals surface area contributed by atoms with Crippen LogP contribution in [0.25, 0.3) is 33.1 Å². The first-order chi connectivity index (χ1) is 13.6. The summed E-state index contributed by atoms with van der Waals surface area (Å²) in [6, 6.07) is 17.8. The van der Waals surface area contributed by atoms with Crippen molar-refractivity contribution in [1.82, 2.24) is 4.98 Å². The van der Waals surface area contributed by atoms with E-state index in [0.717, 1.165) is 26.2 Å². The predicted octanol–water partition coefficient (Wildman–Crippen LogP) is 5.09. The van der Waals surface area contributed by atoms with E-state index in [0.29, 0.717) is 11.5 Å². The lowest BCUT2D eigenvalue weighted by Gasteiger charge is -2.09. The maximum Gasteiger partial charge on any atom is 0.341 e. The Bertz CT molecular complexity index is 1200. The third-order valence-corrected chi connectivity index (χ3v) is 5.24. The zero-order valence-electron chi connectivity index (χ0n) is 15.1. The minimum Gasteiger partial charge on any atom is -0.493 e. The number of methoxy groups -OCH3 is 1. The van der Waals surface area contributed by atoms with Gasteiger partial charge >= 0.3 is 5.97 Å². The van der Waals surface area contributed by atoms with Crippen LogP contribution in [0.2, 0.25) is 0 Å². The van der Waals surface area contributed by atoms with Crippen LogP contribution in [0.3, 0.4) is 0 Å². The molecule has 0 bridgehead atoms. The first-order valence-electron chi connectivity index (χ1n) is 8.63. The van der Waals surface area contributed by atoms with Crippen LogP contribution in [-0.2, 0) is 4.79 Å². The van der Waals surface area contributed by atoms with Crippen molar-refractivity contribution < 1.29 is 19.4 Å². The fourth-order valence-corrected chi connectivity index (χ4v) is 3.85. The molecule has 3 aromatic carbocycles. The van der Waals surface area contributed by atoms with E-state index in [1.807, 2.05) is 30.4 Å². The highest BCUT2D eigenvalue weighted by molar-refractivity contribution is 7.19. The van der Waals surface area contributed by atoms with Crippen molar-refractivity contribution in [2.45, 2.75) is 0 Å². The molecule has 0 unspecified atom stereocenters. The van der Waals surface area contributed by atoms with E-state index in [9.17, 15) is 4.79 Å². The third-order valence-electron chi connectivity index (χ3n) is 4.26. The lowest BCUT2D eigenvalue weighted by molar-refractivity contribution is -0.139. The van der Waals surface area contributed by atoms with Crippen LogP contribution in [0.15, 0.2) is 54.6 Å². The number of thiazole rings is 1. The molecule has 0 radical (unpaired) electrons. The Morgan fingerprint density at radius 3 is 2.79 bits per heavy atom. The topological polar surface area (TPSA) is 68.7 Å². The second-order valence-corrected chi connectivity index (χ2v) is 7.17. The molecule has 1 aromatic heterocycles. The van der Waals surface area contributed by atoms with Crippen molar-refractivity contribution in [1.29, 1.82) is 0 Å². The van der Waals surface area contributed by atoms with Crippen molar-refractivity contribution in [3.63, 3.8) is 0 Å². The Labute approximate surface area is 165 Å². The van der Waals surface area contributed by atoms with Gasteiger partial charge in [0.2, 0.25) is 0 Å². The number of aliphatic carboxylic acids is 1. The van der Waals surface area contributed by atoms with Crippen LogP contribution in [0.5, 0.6) is 11.5 Å². The number of benzene rings is 3. The van der Waals surface area contributed by atoms with Gasteiger partial charge < -0.3 is 14.6 Å². The smallest absolute Gasteiger partial charge is 0.341 e. The van der Waals surface area contributed by atoms with E-state index >= 15 is 0 Å². The summed E-state index contributed by atoms with van der Waals surface area (Å²) in [5, 5.41) is 12.0. The van der Waals surface area contributed by atoms with Crippen LogP contribution in [0.4, 0.5) is 0 Å². The maximum atomic E-state index is 10.7. The molecule has 0 aliphatic carbocycles. The molecular weight excluding hydrogens is 374 g/mol. The zero-order valence-corrected chi connectivity index (χ0v) is 15.9. The standard InChI is InChI=1S/C22H17NO4S/c1-26-18-12-14(6-9-17(18)27-13-21(24)25)7-11-20-23-22-16-5-3-2-4-15(16)8-10-19(22)28-20/h2-12H,13H2,1H3,(H,24,25)/b11-7+. The van der Waals surface area contributed by atoms with Crippen LogP contribution in [-0.4, -0.2) is 29.8 Å². The number of carboxylic acids is 1. The highest BCUT2D eigenvalue weighted by atomic mass is 32.1. The fourth-order valence-electron chi connectivity index (χ4n) is 2.96. The average Bonchev–Trinajstić information content (AvgIpc) is 3.14. The Balaban J connectivity index is 1.61. The normalized spacial score (nSPS) is 11.3. The van der Waals surface area contributed by atoms with Crippen LogP contribution in [0, 0.1) is 0 Å². The van der Waals surface area contributed by atoms with E-state index in [1.54, 1.807) is 23.5 Å². The minimum atomic E-state index is -1.03. The van der Waals surface area contributed by atoms with Crippen molar-refractivity contribution in [2.75, 3.05) is 13.7 Å². The molecular formula is C22H17NO4S. The van der Waals surface area contributed by atoms with E-state index < -0.39 is 12.6 Å². The third kappa shape index (κ3) is 3.68. The zero-order chi connectivity index (χ0) is 19.5. The van der Waals surface area contributed by atoms with Crippen LogP contribution < -0.4 is 9.47 Å². The number of carboxylic acid groups (broad SMARTS) is 1. The minimum absolute atomic E-state index is 0.397. The Morgan fingerprint density at radius 1 is 1.11 bits per heavy atom. The van der Waals surface area contributed by atoms with Gasteiger partial charge in [-0.2, -0.15) is 0 Å². The second kappa shape index (κ2) is 7.70. The van der Waals surface area contributed by atoms with Gasteiger partial charge in [-0.1, -0.05) is 42.5 Å². The number of hydrogen-bond donors (Lipinski definition) is 1. The number of aromatic nitrogens is 1. The van der Waals surface area contributed by atoms with Gasteiger partial charge in [0.25, 0.3) is 0 Å². The number of carbonyl (C=O) groups is 1. The number of hydrogen-bond acceptors (Lipinski definition) is 5. The van der Waals surface area contributed by atoms with Gasteiger partial charge in [0.15, 0.2) is 18.1 Å². The van der Waals surface area contributed by atoms with Gasteiger partial charge in [-0.15, -0.1) is 11.3 Å². The second-order valence-electron chi connectivity index (χ2n) is 6.11. The van der Waals surface area contributed by atoms with Gasteiger partial charge in [0, 0.05) is 5.39 Å². The molecule has 0 aliphatic rings. The van der Waals surface area contributed by atoms with E-state index in [2.05, 4.69) is 24.3 Å². The van der Waals surface area contributed by atoms with Crippen molar-refractivity contribution in [3.05, 3.63) is 65.2 Å². The summed E-state index contributed by atoms with van der Waals surface area (Å²) >= 11 is 1.64. The van der Waals surface area contributed by atoms with Gasteiger partial charge in [0.05, 0.1) is 17.3 Å². The molecule has 0 aliphatic heterocycles. The molecule has 0 amide bonds. The molecule has 1 heterocycles. The number of fused-ring (bicyclic) bond motifs is 3. The quantitative estimate of drug-likeness (QED) is 0.496. The molecule has 4 aromatic rings. The van der Waals surface area contributed by atoms with E-state index in [4.69, 9.17) is 19.6 Å². The lowest BCUT2D eigenvalue weighted by Crippen LogP contribution is -2.10. The summed E-state index contributed by atoms with van der Waals surface area (Å²) in [6.45, 7) is -0.412. The largest absolute Gasteiger partial charge is 0.493 e. The molecule has 0 spiro atoms. The molecule has 0 saturated heterocycles. The summed E-state index contributed by atoms with van der Waals surface area (Å²) in [5.41, 5.74) is 1.92. The highest BCUT2D eigenvalue weighted by Gasteiger charge is 2.08. The number of ether oxygens (including phenoxy) is 2. The fraction of sp³-hybridized carbons (Fsp3) is 0.0909. The Hall–Kier alpha value is -3.38. The van der Waals surface area contributed by atoms with E-state index in [1.165, 1.54) is 12.5 Å². The summed E-state index contributed by atoms with van der Waals surface area (Å²) < 4.78 is 11.7. The van der Waals surface area contributed by atoms with Gasteiger partial charge in [-0.3, -0.25) is 0 Å². The van der Waals surface area contributed by atoms with Gasteiger partial charge in [-0.25, -0.2) is 9.78 Å². The molecule has 140 valence electrons. The van der Waals surface area contributed by atoms with Gasteiger partial charge in [-0.05, 0) is 35.2 Å². The SMILES string of the molecule is COc1cc(/C=C/c2nc3c(ccc4ccccc43)s2)ccc1OCC(=O)O. The van der Waals surface area contributed by atoms with Crippen molar-refractivity contribution in [2.24, 2.45) is 0 Å². The average molecular weight is 391 g/mol. The molecule has 0 fully saturated rings. The molecule has 5 nitrogen and oxygen atoms in total. The monoisotopic (exact) mass is 391 g/mol. The molecule has 1 N–H and O–H groups in total. The van der Waals surface area contributed by atoms with Gasteiger partial charge in [0.1, 0.15) is 5.01 Å². The molecule has 0 atom stereocenters. The van der Waals surface area contributed by atoms with Crippen molar-refractivity contribution >= 4 is 50.4 Å². The molecule has 28 heavy (non-hydrogen) atoms. The Morgan fingerprint density at radius 2 is 1.96 bits per heavy atom. The summed E-state index contributed by atoms with van der Waals surface area (Å²) in [4.78, 5) is 15.4. The summed E-state index contributed by atoms with van der Waals surface area (Å²) in [6.07, 6.45) is 3.91. The van der Waals surface area contributed by atoms with Crippen LogP contribution in [0.1, 0.15) is 10.6 Å². The first kappa shape index (κ1) is 18.0. The number of rotatable bonds is 6. The highest BCUT2D eigenvalue weighted by Crippen LogP contribution is 2.31. The number of nitrogens with zero attached hydrogens (tertiary/aromatic N) is 1. The summed E-state index contributed by atoms with van der Waals surface area (Å²) in [5.74, 6) is -0.151. The molecule has 6 heteroatoms. The molecule has 4 rings (SSSR count). The van der Waals surface area contributed by atoms with E-state index in [-0.39, 0.29) is 0 Å². The maximum absolute atomic E-state index is 10.7. The van der Waals surface area contributed by atoms with Crippen molar-refractivity contribution in [3.8, 4) is 11.5 Å². The summed E-state index contributed by atoms with van der Waals surface area (Å²) in [7, 11) is 1.52. The lowest BCUT2D eigenvalue weighted by atomic mass is 10.1.